The van der Waals surface area contributed by atoms with Crippen molar-refractivity contribution < 1.29 is 14.3 Å². The summed E-state index contributed by atoms with van der Waals surface area (Å²) in [4.78, 5) is 21.5. The molecule has 1 saturated carbocycles. The minimum absolute atomic E-state index is 0.395. The van der Waals surface area contributed by atoms with E-state index in [2.05, 4.69) is 9.97 Å². The van der Waals surface area contributed by atoms with Crippen molar-refractivity contribution >= 4 is 39.3 Å². The predicted molar refractivity (Wildman–Crippen MR) is 92.9 cm³/mol. The van der Waals surface area contributed by atoms with E-state index < -0.39 is 16.5 Å². The molecule has 0 amide bonds. The third-order valence-electron chi connectivity index (χ3n) is 4.35. The summed E-state index contributed by atoms with van der Waals surface area (Å²) in [7, 11) is 0. The van der Waals surface area contributed by atoms with Crippen LogP contribution in [0.25, 0.3) is 21.3 Å². The summed E-state index contributed by atoms with van der Waals surface area (Å²) >= 11 is 2.80. The molecule has 7 heteroatoms. The summed E-state index contributed by atoms with van der Waals surface area (Å²) in [6, 6.07) is 3.46. The summed E-state index contributed by atoms with van der Waals surface area (Å²) in [5.74, 6) is -1.18. The number of nitrogens with zero attached hydrogens (tertiary/aromatic N) is 2. The highest BCUT2D eigenvalue weighted by Gasteiger charge is 2.45. The molecular formula is C17H13FN2O2S2. The molecule has 0 saturated heterocycles. The van der Waals surface area contributed by atoms with Crippen LogP contribution in [0.1, 0.15) is 19.3 Å². The number of hydrogen-bond acceptors (Lipinski definition) is 5. The largest absolute Gasteiger partial charge is 0.480 e. The summed E-state index contributed by atoms with van der Waals surface area (Å²) in [5.41, 5.74) is 1.20. The lowest BCUT2D eigenvalue weighted by atomic mass is 9.84. The van der Waals surface area contributed by atoms with Gasteiger partial charge in [-0.25, -0.2) is 9.37 Å². The van der Waals surface area contributed by atoms with E-state index >= 15 is 0 Å². The normalized spacial score (nSPS) is 16.0. The van der Waals surface area contributed by atoms with Gasteiger partial charge in [0, 0.05) is 39.2 Å². The molecule has 3 aromatic heterocycles. The molecule has 0 unspecified atom stereocenters. The smallest absolute Gasteiger partial charge is 0.320 e. The van der Waals surface area contributed by atoms with Crippen LogP contribution in [0.4, 0.5) is 4.39 Å². The first-order valence-corrected chi connectivity index (χ1v) is 9.19. The molecule has 1 fully saturated rings. The average Bonchev–Trinajstić information content (AvgIpc) is 2.95. The Kier molecular flexibility index (Phi) is 3.77. The van der Waals surface area contributed by atoms with Crippen LogP contribution in [0.5, 0.6) is 0 Å². The van der Waals surface area contributed by atoms with Gasteiger partial charge in [0.15, 0.2) is 0 Å². The Hall–Kier alpha value is -1.99. The zero-order valence-corrected chi connectivity index (χ0v) is 14.2. The van der Waals surface area contributed by atoms with Gasteiger partial charge >= 0.3 is 5.97 Å². The number of carboxylic acid groups (broad SMARTS) is 1. The van der Waals surface area contributed by atoms with Crippen LogP contribution in [-0.4, -0.2) is 25.8 Å². The van der Waals surface area contributed by atoms with Gasteiger partial charge < -0.3 is 5.11 Å². The van der Waals surface area contributed by atoms with Gasteiger partial charge in [0.1, 0.15) is 15.4 Å². The fourth-order valence-corrected chi connectivity index (χ4v) is 5.32. The van der Waals surface area contributed by atoms with Crippen LogP contribution in [0.2, 0.25) is 0 Å². The summed E-state index contributed by atoms with van der Waals surface area (Å²) in [6.07, 6.45) is 6.65. The molecule has 1 aliphatic carbocycles. The molecule has 0 bridgehead atoms. The number of rotatable bonds is 4. The second kappa shape index (κ2) is 5.82. The van der Waals surface area contributed by atoms with E-state index in [1.54, 1.807) is 18.5 Å². The quantitative estimate of drug-likeness (QED) is 0.737. The van der Waals surface area contributed by atoms with Crippen molar-refractivity contribution in [2.75, 3.05) is 0 Å². The maximum absolute atomic E-state index is 14.2. The van der Waals surface area contributed by atoms with Crippen molar-refractivity contribution in [1.29, 1.82) is 0 Å². The number of thioether (sulfide) groups is 1. The van der Waals surface area contributed by atoms with Crippen molar-refractivity contribution in [3.8, 4) is 11.1 Å². The SMILES string of the molecule is O=C(O)C1(Sc2ccnc3scc(-c4ccncc4F)c23)CCC1. The molecule has 0 spiro atoms. The number of carboxylic acids is 1. The molecule has 24 heavy (non-hydrogen) atoms. The first-order valence-electron chi connectivity index (χ1n) is 7.49. The van der Waals surface area contributed by atoms with E-state index in [9.17, 15) is 14.3 Å². The Bertz CT molecular complexity index is 937. The van der Waals surface area contributed by atoms with Crippen molar-refractivity contribution in [2.45, 2.75) is 28.9 Å². The van der Waals surface area contributed by atoms with Crippen LogP contribution in [0.3, 0.4) is 0 Å². The maximum atomic E-state index is 14.2. The molecular weight excluding hydrogens is 347 g/mol. The van der Waals surface area contributed by atoms with Crippen LogP contribution in [0, 0.1) is 5.82 Å². The van der Waals surface area contributed by atoms with Crippen molar-refractivity contribution in [3.05, 3.63) is 41.9 Å². The van der Waals surface area contributed by atoms with E-state index in [1.807, 2.05) is 11.4 Å². The summed E-state index contributed by atoms with van der Waals surface area (Å²) < 4.78 is 13.4. The molecule has 0 aromatic carbocycles. The lowest BCUT2D eigenvalue weighted by Gasteiger charge is -2.37. The maximum Gasteiger partial charge on any atom is 0.320 e. The van der Waals surface area contributed by atoms with Crippen molar-refractivity contribution in [3.63, 3.8) is 0 Å². The number of pyridine rings is 2. The van der Waals surface area contributed by atoms with Gasteiger partial charge in [0.05, 0.1) is 6.20 Å². The Labute approximate surface area is 145 Å². The molecule has 122 valence electrons. The van der Waals surface area contributed by atoms with Gasteiger partial charge in [0.25, 0.3) is 0 Å². The van der Waals surface area contributed by atoms with Gasteiger partial charge in [0.2, 0.25) is 0 Å². The van der Waals surface area contributed by atoms with Gasteiger partial charge in [-0.3, -0.25) is 9.78 Å². The van der Waals surface area contributed by atoms with Crippen molar-refractivity contribution in [1.82, 2.24) is 9.97 Å². The number of aromatic nitrogens is 2. The number of fused-ring (bicyclic) bond motifs is 1. The predicted octanol–water partition coefficient (Wildman–Crippen LogP) is 4.60. The van der Waals surface area contributed by atoms with E-state index in [4.69, 9.17) is 0 Å². The van der Waals surface area contributed by atoms with Gasteiger partial charge in [-0.2, -0.15) is 0 Å². The highest BCUT2D eigenvalue weighted by molar-refractivity contribution is 8.01. The zero-order chi connectivity index (χ0) is 16.7. The first-order chi connectivity index (χ1) is 11.6. The second-order valence-corrected chi connectivity index (χ2v) is 8.03. The Morgan fingerprint density at radius 1 is 1.29 bits per heavy atom. The standard InChI is InChI=1S/C17H13FN2O2S2/c18-12-8-19-6-2-10(12)11-9-23-15-14(11)13(3-7-20-15)24-17(16(21)22)4-1-5-17/h2-3,6-9H,1,4-5H2,(H,21,22). The molecule has 4 rings (SSSR count). The van der Waals surface area contributed by atoms with Gasteiger partial charge in [-0.1, -0.05) is 0 Å². The molecule has 0 radical (unpaired) electrons. The Morgan fingerprint density at radius 3 is 2.79 bits per heavy atom. The number of hydrogen-bond donors (Lipinski definition) is 1. The zero-order valence-electron chi connectivity index (χ0n) is 12.5. The third-order valence-corrected chi connectivity index (χ3v) is 6.77. The number of carbonyl (C=O) groups is 1. The molecule has 0 aliphatic heterocycles. The summed E-state index contributed by atoms with van der Waals surface area (Å²) in [6.45, 7) is 0. The summed E-state index contributed by atoms with van der Waals surface area (Å²) in [5, 5.41) is 12.3. The second-order valence-electron chi connectivity index (χ2n) is 5.75. The monoisotopic (exact) mass is 360 g/mol. The molecule has 1 N–H and O–H groups in total. The van der Waals surface area contributed by atoms with Crippen LogP contribution < -0.4 is 0 Å². The first kappa shape index (κ1) is 15.5. The lowest BCUT2D eigenvalue weighted by molar-refractivity contribution is -0.142. The number of halogens is 1. The van der Waals surface area contributed by atoms with Gasteiger partial charge in [-0.15, -0.1) is 23.1 Å². The average molecular weight is 360 g/mol. The van der Waals surface area contributed by atoms with Crippen LogP contribution in [-0.2, 0) is 4.79 Å². The molecule has 4 nitrogen and oxygen atoms in total. The lowest BCUT2D eigenvalue weighted by Crippen LogP contribution is -2.41. The highest BCUT2D eigenvalue weighted by Crippen LogP contribution is 2.51. The molecule has 0 atom stereocenters. The molecule has 1 aliphatic rings. The molecule has 3 heterocycles. The number of aliphatic carboxylic acids is 1. The highest BCUT2D eigenvalue weighted by atomic mass is 32.2. The topological polar surface area (TPSA) is 63.1 Å². The minimum Gasteiger partial charge on any atom is -0.480 e. The van der Waals surface area contributed by atoms with E-state index in [0.29, 0.717) is 18.4 Å². The fourth-order valence-electron chi connectivity index (χ4n) is 2.88. The Balaban J connectivity index is 1.87. The fraction of sp³-hybridized carbons (Fsp3) is 0.235. The van der Waals surface area contributed by atoms with Crippen LogP contribution >= 0.6 is 23.1 Å². The van der Waals surface area contributed by atoms with E-state index in [0.717, 1.165) is 27.1 Å². The van der Waals surface area contributed by atoms with E-state index in [-0.39, 0.29) is 0 Å². The Morgan fingerprint density at radius 2 is 2.12 bits per heavy atom. The van der Waals surface area contributed by atoms with Crippen molar-refractivity contribution in [2.24, 2.45) is 0 Å². The third kappa shape index (κ3) is 2.39. The van der Waals surface area contributed by atoms with Gasteiger partial charge in [-0.05, 0) is 31.4 Å². The van der Waals surface area contributed by atoms with E-state index in [1.165, 1.54) is 29.3 Å². The molecule has 3 aromatic rings. The minimum atomic E-state index is -0.782. The van der Waals surface area contributed by atoms with Crippen LogP contribution in [0.15, 0.2) is 41.0 Å². The number of thiophene rings is 1.